The molecule has 0 aliphatic rings. The molecule has 1 heterocycles. The van der Waals surface area contributed by atoms with Crippen LogP contribution in [0, 0.1) is 17.1 Å². The van der Waals surface area contributed by atoms with Gasteiger partial charge in [0, 0.05) is 33.1 Å². The largest absolute Gasteiger partial charge is 0.351 e. The summed E-state index contributed by atoms with van der Waals surface area (Å²) >= 11 is 7.65. The van der Waals surface area contributed by atoms with Gasteiger partial charge in [0.1, 0.15) is 5.82 Å². The van der Waals surface area contributed by atoms with Crippen molar-refractivity contribution >= 4 is 38.9 Å². The lowest BCUT2D eigenvalue weighted by Gasteiger charge is -2.07. The van der Waals surface area contributed by atoms with Gasteiger partial charge in [0.25, 0.3) is 5.91 Å². The molecule has 0 atom stereocenters. The van der Waals surface area contributed by atoms with Crippen molar-refractivity contribution in [2.75, 3.05) is 6.54 Å². The standard InChI is InChI=1S/C25H18ClFN2OS/c26-20-10-16(11-21(27)15-20)12-22-14-18-5-2-7-23(24(18)31-22)17-4-1-6-19(13-17)25(30)29-9-3-8-28/h1-2,4-7,10-11,13-15H,3,9,12H2,(H,29,30). The molecule has 6 heteroatoms. The summed E-state index contributed by atoms with van der Waals surface area (Å²) in [4.78, 5) is 13.5. The monoisotopic (exact) mass is 448 g/mol. The van der Waals surface area contributed by atoms with Crippen molar-refractivity contribution in [2.24, 2.45) is 0 Å². The Balaban J connectivity index is 1.65. The number of carbonyl (C=O) groups excluding carboxylic acids is 1. The van der Waals surface area contributed by atoms with Crippen LogP contribution in [0.3, 0.4) is 0 Å². The van der Waals surface area contributed by atoms with Crippen molar-refractivity contribution in [3.8, 4) is 17.2 Å². The van der Waals surface area contributed by atoms with E-state index >= 15 is 0 Å². The molecular formula is C25H18ClFN2OS. The highest BCUT2D eigenvalue weighted by Gasteiger charge is 2.12. The predicted octanol–water partition coefficient (Wildman–Crippen LogP) is 6.60. The fraction of sp³-hybridized carbons (Fsp3) is 0.120. The summed E-state index contributed by atoms with van der Waals surface area (Å²) < 4.78 is 14.8. The number of halogens is 2. The number of nitriles is 1. The molecule has 4 rings (SSSR count). The lowest BCUT2D eigenvalue weighted by Crippen LogP contribution is -2.24. The maximum atomic E-state index is 13.7. The molecule has 0 fully saturated rings. The number of hydrogen-bond donors (Lipinski definition) is 1. The quantitative estimate of drug-likeness (QED) is 0.338. The van der Waals surface area contributed by atoms with Gasteiger partial charge >= 0.3 is 0 Å². The second-order valence-corrected chi connectivity index (χ2v) is 8.71. The third kappa shape index (κ3) is 4.93. The average molecular weight is 449 g/mol. The van der Waals surface area contributed by atoms with Gasteiger partial charge in [0.15, 0.2) is 0 Å². The normalized spacial score (nSPS) is 10.7. The van der Waals surface area contributed by atoms with E-state index in [-0.39, 0.29) is 18.1 Å². The molecule has 4 aromatic rings. The Hall–Kier alpha value is -3.20. The molecular weight excluding hydrogens is 431 g/mol. The van der Waals surface area contributed by atoms with Gasteiger partial charge in [-0.05, 0) is 58.5 Å². The van der Waals surface area contributed by atoms with E-state index in [0.717, 1.165) is 31.7 Å². The molecule has 3 aromatic carbocycles. The van der Waals surface area contributed by atoms with Crippen LogP contribution in [0.2, 0.25) is 5.02 Å². The predicted molar refractivity (Wildman–Crippen MR) is 124 cm³/mol. The first-order chi connectivity index (χ1) is 15.0. The summed E-state index contributed by atoms with van der Waals surface area (Å²) in [5.41, 5.74) is 3.37. The Kier molecular flexibility index (Phi) is 6.31. The smallest absolute Gasteiger partial charge is 0.251 e. The first kappa shape index (κ1) is 21.0. The number of amides is 1. The minimum Gasteiger partial charge on any atom is -0.351 e. The maximum Gasteiger partial charge on any atom is 0.251 e. The highest BCUT2D eigenvalue weighted by atomic mass is 35.5. The average Bonchev–Trinajstić information content (AvgIpc) is 3.15. The topological polar surface area (TPSA) is 52.9 Å². The zero-order chi connectivity index (χ0) is 21.8. The van der Waals surface area contributed by atoms with Crippen molar-refractivity contribution in [1.82, 2.24) is 5.32 Å². The van der Waals surface area contributed by atoms with E-state index in [2.05, 4.69) is 17.4 Å². The highest BCUT2D eigenvalue weighted by Crippen LogP contribution is 2.36. The van der Waals surface area contributed by atoms with Gasteiger partial charge in [0.05, 0.1) is 12.5 Å². The van der Waals surface area contributed by atoms with Crippen molar-refractivity contribution in [3.05, 3.63) is 93.6 Å². The van der Waals surface area contributed by atoms with E-state index in [1.54, 1.807) is 23.5 Å². The van der Waals surface area contributed by atoms with E-state index in [4.69, 9.17) is 16.9 Å². The Bertz CT molecular complexity index is 1290. The van der Waals surface area contributed by atoms with Crippen molar-refractivity contribution in [1.29, 1.82) is 5.26 Å². The van der Waals surface area contributed by atoms with Crippen LogP contribution in [0.1, 0.15) is 27.2 Å². The molecule has 1 N–H and O–H groups in total. The fourth-order valence-corrected chi connectivity index (χ4v) is 4.98. The van der Waals surface area contributed by atoms with Crippen LogP contribution in [0.25, 0.3) is 21.2 Å². The van der Waals surface area contributed by atoms with E-state index in [1.807, 2.05) is 36.4 Å². The molecule has 1 amide bonds. The molecule has 3 nitrogen and oxygen atoms in total. The number of carbonyl (C=O) groups is 1. The second kappa shape index (κ2) is 9.30. The highest BCUT2D eigenvalue weighted by molar-refractivity contribution is 7.19. The van der Waals surface area contributed by atoms with Gasteiger partial charge < -0.3 is 5.32 Å². The van der Waals surface area contributed by atoms with Gasteiger partial charge in [-0.15, -0.1) is 11.3 Å². The number of hydrogen-bond acceptors (Lipinski definition) is 3. The molecule has 0 saturated carbocycles. The molecule has 0 saturated heterocycles. The SMILES string of the molecule is N#CCCNC(=O)c1cccc(-c2cccc3cc(Cc4cc(F)cc(Cl)c4)sc23)c1. The number of nitrogens with zero attached hydrogens (tertiary/aromatic N) is 1. The first-order valence-electron chi connectivity index (χ1n) is 9.75. The van der Waals surface area contributed by atoms with Gasteiger partial charge in [-0.3, -0.25) is 4.79 Å². The summed E-state index contributed by atoms with van der Waals surface area (Å²) in [7, 11) is 0. The Morgan fingerprint density at radius 3 is 2.74 bits per heavy atom. The van der Waals surface area contributed by atoms with Crippen LogP contribution >= 0.6 is 22.9 Å². The summed E-state index contributed by atoms with van der Waals surface area (Å²) in [5.74, 6) is -0.534. The van der Waals surface area contributed by atoms with Gasteiger partial charge in [0.2, 0.25) is 0 Å². The number of rotatable bonds is 6. The molecule has 0 aliphatic carbocycles. The van der Waals surface area contributed by atoms with Crippen LogP contribution in [-0.4, -0.2) is 12.5 Å². The Morgan fingerprint density at radius 1 is 1.10 bits per heavy atom. The number of fused-ring (bicyclic) bond motifs is 1. The number of nitrogens with one attached hydrogen (secondary N) is 1. The molecule has 0 unspecified atom stereocenters. The molecule has 0 aliphatic heterocycles. The van der Waals surface area contributed by atoms with Crippen LogP contribution in [0.5, 0.6) is 0 Å². The second-order valence-electron chi connectivity index (χ2n) is 7.14. The third-order valence-electron chi connectivity index (χ3n) is 4.85. The van der Waals surface area contributed by atoms with E-state index in [1.165, 1.54) is 12.1 Å². The summed E-state index contributed by atoms with van der Waals surface area (Å²) in [6, 6.07) is 22.3. The summed E-state index contributed by atoms with van der Waals surface area (Å²) in [6.45, 7) is 0.327. The molecule has 0 spiro atoms. The first-order valence-corrected chi connectivity index (χ1v) is 10.9. The Morgan fingerprint density at radius 2 is 1.94 bits per heavy atom. The lowest BCUT2D eigenvalue weighted by atomic mass is 10.0. The summed E-state index contributed by atoms with van der Waals surface area (Å²) in [6.07, 6.45) is 0.872. The van der Waals surface area contributed by atoms with E-state index < -0.39 is 0 Å². The zero-order valence-electron chi connectivity index (χ0n) is 16.5. The van der Waals surface area contributed by atoms with Crippen LogP contribution in [-0.2, 0) is 6.42 Å². The van der Waals surface area contributed by atoms with Crippen molar-refractivity contribution in [2.45, 2.75) is 12.8 Å². The number of thiophene rings is 1. The maximum absolute atomic E-state index is 13.7. The molecule has 0 bridgehead atoms. The van der Waals surface area contributed by atoms with E-state index in [0.29, 0.717) is 23.6 Å². The molecule has 154 valence electrons. The lowest BCUT2D eigenvalue weighted by molar-refractivity contribution is 0.0954. The molecule has 31 heavy (non-hydrogen) atoms. The van der Waals surface area contributed by atoms with Crippen LogP contribution in [0.4, 0.5) is 4.39 Å². The number of benzene rings is 3. The van der Waals surface area contributed by atoms with Crippen LogP contribution in [0.15, 0.2) is 66.7 Å². The van der Waals surface area contributed by atoms with Crippen molar-refractivity contribution < 1.29 is 9.18 Å². The van der Waals surface area contributed by atoms with E-state index in [9.17, 15) is 9.18 Å². The summed E-state index contributed by atoms with van der Waals surface area (Å²) in [5, 5.41) is 12.9. The minimum absolute atomic E-state index is 0.195. The molecule has 0 radical (unpaired) electrons. The van der Waals surface area contributed by atoms with Crippen LogP contribution < -0.4 is 5.32 Å². The third-order valence-corrected chi connectivity index (χ3v) is 6.26. The minimum atomic E-state index is -0.339. The fourth-order valence-electron chi connectivity index (χ4n) is 3.51. The van der Waals surface area contributed by atoms with Crippen molar-refractivity contribution in [3.63, 3.8) is 0 Å². The Labute approximate surface area is 188 Å². The molecule has 1 aromatic heterocycles. The van der Waals surface area contributed by atoms with Gasteiger partial charge in [-0.2, -0.15) is 5.26 Å². The van der Waals surface area contributed by atoms with Gasteiger partial charge in [-0.1, -0.05) is 41.9 Å². The zero-order valence-corrected chi connectivity index (χ0v) is 18.1. The van der Waals surface area contributed by atoms with Gasteiger partial charge in [-0.25, -0.2) is 4.39 Å².